The largest absolute Gasteiger partial charge is 0.348 e. The number of rotatable bonds is 5. The van der Waals surface area contributed by atoms with E-state index in [9.17, 15) is 14.0 Å². The van der Waals surface area contributed by atoms with E-state index in [0.29, 0.717) is 36.5 Å². The quantitative estimate of drug-likeness (QED) is 0.629. The van der Waals surface area contributed by atoms with Crippen LogP contribution in [0.1, 0.15) is 25.1 Å². The first-order valence-corrected chi connectivity index (χ1v) is 11.0. The molecule has 0 spiro atoms. The molecule has 166 valence electrons. The Morgan fingerprint density at radius 1 is 1.09 bits per heavy atom. The molecule has 2 heterocycles. The number of aromatic nitrogens is 3. The molecular formula is C23H21ClF2N4O2. The summed E-state index contributed by atoms with van der Waals surface area (Å²) in [5.41, 5.74) is 0.474. The first-order chi connectivity index (χ1) is 15.4. The van der Waals surface area contributed by atoms with Crippen molar-refractivity contribution >= 4 is 17.5 Å². The van der Waals surface area contributed by atoms with Gasteiger partial charge in [0.25, 0.3) is 0 Å². The van der Waals surface area contributed by atoms with Gasteiger partial charge in [0.05, 0.1) is 10.7 Å². The molecule has 1 saturated heterocycles. The number of carbonyl (C=O) groups is 1. The van der Waals surface area contributed by atoms with E-state index in [-0.39, 0.29) is 28.5 Å². The minimum Gasteiger partial charge on any atom is -0.342 e. The van der Waals surface area contributed by atoms with Crippen LogP contribution >= 0.6 is 11.6 Å². The molecule has 1 saturated carbocycles. The van der Waals surface area contributed by atoms with Crippen molar-refractivity contribution in [1.29, 1.82) is 0 Å². The lowest BCUT2D eigenvalue weighted by molar-refractivity contribution is -0.131. The second-order valence-electron chi connectivity index (χ2n) is 8.49. The summed E-state index contributed by atoms with van der Waals surface area (Å²) in [7, 11) is 0. The van der Waals surface area contributed by atoms with Crippen LogP contribution in [0.25, 0.3) is 16.8 Å². The predicted octanol–water partition coefficient (Wildman–Crippen LogP) is 3.96. The minimum atomic E-state index is -0.625. The predicted molar refractivity (Wildman–Crippen MR) is 116 cm³/mol. The van der Waals surface area contributed by atoms with E-state index >= 15 is 4.39 Å². The highest BCUT2D eigenvalue weighted by Crippen LogP contribution is 2.33. The van der Waals surface area contributed by atoms with Crippen molar-refractivity contribution in [2.45, 2.75) is 25.7 Å². The van der Waals surface area contributed by atoms with Gasteiger partial charge in [-0.05, 0) is 60.6 Å². The number of halogens is 3. The fourth-order valence-corrected chi connectivity index (χ4v) is 4.42. The molecule has 1 atom stereocenters. The maximum atomic E-state index is 15.0. The average Bonchev–Trinajstić information content (AvgIpc) is 3.43. The standard InChI is InChI=1S/C23H21ClF2N4O2/c24-17-5-3-15(10-18(17)25)16-4-6-20(19(26)11-16)30-21(27-28-23(30)32)9-13-7-8-29(12-13)22(31)14-1-2-14/h3-6,10-11,13-14H,1-2,7-9,12H2,(H,28,32). The van der Waals surface area contributed by atoms with E-state index < -0.39 is 17.3 Å². The van der Waals surface area contributed by atoms with Gasteiger partial charge >= 0.3 is 5.69 Å². The van der Waals surface area contributed by atoms with Gasteiger partial charge in [0.1, 0.15) is 17.5 Å². The van der Waals surface area contributed by atoms with Gasteiger partial charge in [-0.2, -0.15) is 5.10 Å². The van der Waals surface area contributed by atoms with Crippen molar-refractivity contribution in [1.82, 2.24) is 19.7 Å². The van der Waals surface area contributed by atoms with Crippen LogP contribution in [0.2, 0.25) is 5.02 Å². The number of hydrogen-bond acceptors (Lipinski definition) is 3. The molecule has 5 rings (SSSR count). The van der Waals surface area contributed by atoms with Crippen LogP contribution in [0, 0.1) is 23.5 Å². The molecule has 32 heavy (non-hydrogen) atoms. The third-order valence-corrected chi connectivity index (χ3v) is 6.49. The first-order valence-electron chi connectivity index (χ1n) is 10.6. The fourth-order valence-electron chi connectivity index (χ4n) is 4.30. The summed E-state index contributed by atoms with van der Waals surface area (Å²) < 4.78 is 30.1. The average molecular weight is 459 g/mol. The Labute approximate surface area is 187 Å². The fraction of sp³-hybridized carbons (Fsp3) is 0.348. The number of H-pyrrole nitrogens is 1. The lowest BCUT2D eigenvalue weighted by Gasteiger charge is -2.16. The third kappa shape index (κ3) is 3.95. The molecule has 6 nitrogen and oxygen atoms in total. The number of benzene rings is 2. The second-order valence-corrected chi connectivity index (χ2v) is 8.90. The highest BCUT2D eigenvalue weighted by atomic mass is 35.5. The molecule has 2 fully saturated rings. The van der Waals surface area contributed by atoms with Gasteiger partial charge in [-0.3, -0.25) is 4.79 Å². The molecule has 0 radical (unpaired) electrons. The summed E-state index contributed by atoms with van der Waals surface area (Å²) in [6.07, 6.45) is 3.22. The molecule has 1 N–H and O–H groups in total. The van der Waals surface area contributed by atoms with Crippen LogP contribution in [-0.2, 0) is 11.2 Å². The summed E-state index contributed by atoms with van der Waals surface area (Å²) in [6.45, 7) is 1.33. The second kappa shape index (κ2) is 8.16. The van der Waals surface area contributed by atoms with Gasteiger partial charge < -0.3 is 4.90 Å². The molecular weight excluding hydrogens is 438 g/mol. The van der Waals surface area contributed by atoms with Gasteiger partial charge in [0, 0.05) is 25.4 Å². The SMILES string of the molecule is O=C(C1CC1)N1CCC(Cc2n[nH]c(=O)n2-c2ccc(-c3ccc(Cl)c(F)c3)cc2F)C1. The third-order valence-electron chi connectivity index (χ3n) is 6.18. The van der Waals surface area contributed by atoms with E-state index in [1.807, 2.05) is 4.90 Å². The monoisotopic (exact) mass is 458 g/mol. The molecule has 2 aliphatic rings. The number of nitrogens with zero attached hydrogens (tertiary/aromatic N) is 3. The smallest absolute Gasteiger partial charge is 0.342 e. The van der Waals surface area contributed by atoms with E-state index in [2.05, 4.69) is 10.2 Å². The maximum Gasteiger partial charge on any atom is 0.348 e. The highest BCUT2D eigenvalue weighted by molar-refractivity contribution is 6.30. The summed E-state index contributed by atoms with van der Waals surface area (Å²) >= 11 is 5.72. The zero-order chi connectivity index (χ0) is 22.4. The van der Waals surface area contributed by atoms with E-state index in [1.54, 1.807) is 12.1 Å². The van der Waals surface area contributed by atoms with Crippen molar-refractivity contribution in [3.05, 3.63) is 69.4 Å². The molecule has 1 aromatic heterocycles. The summed E-state index contributed by atoms with van der Waals surface area (Å²) in [6, 6.07) is 8.61. The Morgan fingerprint density at radius 2 is 1.81 bits per heavy atom. The first kappa shape index (κ1) is 20.9. The number of likely N-dealkylation sites (tertiary alicyclic amines) is 1. The summed E-state index contributed by atoms with van der Waals surface area (Å²) in [4.78, 5) is 26.6. The van der Waals surface area contributed by atoms with Crippen molar-refractivity contribution in [3.8, 4) is 16.8 Å². The molecule has 2 aromatic carbocycles. The summed E-state index contributed by atoms with van der Waals surface area (Å²) in [5, 5.41) is 6.50. The number of carbonyl (C=O) groups excluding carboxylic acids is 1. The molecule has 1 amide bonds. The molecule has 1 aliphatic heterocycles. The van der Waals surface area contributed by atoms with Gasteiger partial charge in [-0.25, -0.2) is 23.2 Å². The molecule has 0 bridgehead atoms. The lowest BCUT2D eigenvalue weighted by Crippen LogP contribution is -2.30. The van der Waals surface area contributed by atoms with Gasteiger partial charge in [0.2, 0.25) is 5.91 Å². The Bertz CT molecular complexity index is 1250. The van der Waals surface area contributed by atoms with Crippen LogP contribution < -0.4 is 5.69 Å². The summed E-state index contributed by atoms with van der Waals surface area (Å²) in [5.74, 6) is -0.241. The van der Waals surface area contributed by atoms with Gasteiger partial charge in [0.15, 0.2) is 0 Å². The van der Waals surface area contributed by atoms with Gasteiger partial charge in [-0.15, -0.1) is 0 Å². The Balaban J connectivity index is 1.38. The van der Waals surface area contributed by atoms with Gasteiger partial charge in [-0.1, -0.05) is 23.7 Å². The molecule has 1 unspecified atom stereocenters. The van der Waals surface area contributed by atoms with Crippen molar-refractivity contribution in [3.63, 3.8) is 0 Å². The zero-order valence-electron chi connectivity index (χ0n) is 17.2. The number of aromatic amines is 1. The molecule has 9 heteroatoms. The Kier molecular flexibility index (Phi) is 5.33. The van der Waals surface area contributed by atoms with Crippen molar-refractivity contribution in [2.75, 3.05) is 13.1 Å². The normalized spacial score (nSPS) is 18.3. The van der Waals surface area contributed by atoms with Crippen LogP contribution in [0.4, 0.5) is 8.78 Å². The maximum absolute atomic E-state index is 15.0. The number of hydrogen-bond donors (Lipinski definition) is 1. The molecule has 3 aromatic rings. The molecule has 1 aliphatic carbocycles. The van der Waals surface area contributed by atoms with E-state index in [4.69, 9.17) is 11.6 Å². The Hall–Kier alpha value is -3.00. The van der Waals surface area contributed by atoms with Crippen LogP contribution in [0.5, 0.6) is 0 Å². The minimum absolute atomic E-state index is 0.00950. The van der Waals surface area contributed by atoms with Crippen LogP contribution in [0.3, 0.4) is 0 Å². The van der Waals surface area contributed by atoms with Crippen LogP contribution in [-0.4, -0.2) is 38.7 Å². The van der Waals surface area contributed by atoms with E-state index in [0.717, 1.165) is 19.3 Å². The lowest BCUT2D eigenvalue weighted by atomic mass is 10.0. The Morgan fingerprint density at radius 3 is 2.50 bits per heavy atom. The van der Waals surface area contributed by atoms with Crippen molar-refractivity contribution < 1.29 is 13.6 Å². The number of amides is 1. The zero-order valence-corrected chi connectivity index (χ0v) is 17.9. The van der Waals surface area contributed by atoms with Crippen molar-refractivity contribution in [2.24, 2.45) is 11.8 Å². The van der Waals surface area contributed by atoms with Crippen LogP contribution in [0.15, 0.2) is 41.2 Å². The topological polar surface area (TPSA) is 71.0 Å². The van der Waals surface area contributed by atoms with E-state index in [1.165, 1.54) is 28.8 Å². The number of nitrogens with one attached hydrogen (secondary N) is 1. The highest BCUT2D eigenvalue weighted by Gasteiger charge is 2.37.